The minimum Gasteiger partial charge on any atom is -0.326 e. The lowest BCUT2D eigenvalue weighted by atomic mass is 9.92. The van der Waals surface area contributed by atoms with Gasteiger partial charge in [-0.05, 0) is 23.3 Å². The van der Waals surface area contributed by atoms with E-state index in [0.717, 1.165) is 11.0 Å². The number of amides is 1. The van der Waals surface area contributed by atoms with Crippen molar-refractivity contribution in [2.24, 2.45) is 5.92 Å². The topological polar surface area (TPSA) is 87.0 Å². The minimum absolute atomic E-state index is 0.0406. The third-order valence-corrected chi connectivity index (χ3v) is 6.10. The monoisotopic (exact) mass is 400 g/mol. The smallest absolute Gasteiger partial charge is 0.224 e. The van der Waals surface area contributed by atoms with Crippen LogP contribution >= 0.6 is 11.6 Å². The maximum Gasteiger partial charge on any atom is 0.224 e. The van der Waals surface area contributed by atoms with Crippen LogP contribution in [0, 0.1) is 17.2 Å². The maximum absolute atomic E-state index is 12.2. The van der Waals surface area contributed by atoms with Crippen molar-refractivity contribution in [3.05, 3.63) is 76.2 Å². The first kappa shape index (κ1) is 19.2. The van der Waals surface area contributed by atoms with Gasteiger partial charge in [-0.15, -0.1) is 0 Å². The van der Waals surface area contributed by atoms with Crippen LogP contribution in [0.5, 0.6) is 0 Å². The third kappa shape index (κ3) is 4.76. The van der Waals surface area contributed by atoms with Gasteiger partial charge in [0.25, 0.3) is 0 Å². The van der Waals surface area contributed by atoms with E-state index in [9.17, 15) is 18.5 Å². The van der Waals surface area contributed by atoms with Crippen molar-refractivity contribution in [1.82, 2.24) is 0 Å². The minimum atomic E-state index is -3.18. The summed E-state index contributed by atoms with van der Waals surface area (Å²) in [6.07, 6.45) is 1.63. The van der Waals surface area contributed by atoms with Crippen molar-refractivity contribution in [1.29, 1.82) is 5.26 Å². The SMILES string of the molecule is N#CC(c1ccccc1)c1ccc(NC(=O)CC2C=CS(=O)(=O)C2)cc1Cl. The van der Waals surface area contributed by atoms with Gasteiger partial charge in [-0.2, -0.15) is 5.26 Å². The maximum atomic E-state index is 12.2. The van der Waals surface area contributed by atoms with E-state index in [2.05, 4.69) is 11.4 Å². The van der Waals surface area contributed by atoms with Gasteiger partial charge in [-0.25, -0.2) is 8.42 Å². The lowest BCUT2D eigenvalue weighted by Crippen LogP contribution is -2.17. The molecule has 0 radical (unpaired) electrons. The zero-order valence-electron chi connectivity index (χ0n) is 14.3. The summed E-state index contributed by atoms with van der Waals surface area (Å²) in [6.45, 7) is 0. The van der Waals surface area contributed by atoms with Crippen LogP contribution in [0.25, 0.3) is 0 Å². The molecule has 0 bridgehead atoms. The van der Waals surface area contributed by atoms with Crippen molar-refractivity contribution in [3.63, 3.8) is 0 Å². The molecule has 2 unspecified atom stereocenters. The van der Waals surface area contributed by atoms with E-state index in [0.29, 0.717) is 16.3 Å². The number of nitriles is 1. The van der Waals surface area contributed by atoms with Crippen molar-refractivity contribution >= 4 is 33.0 Å². The quantitative estimate of drug-likeness (QED) is 0.824. The van der Waals surface area contributed by atoms with E-state index in [1.54, 1.807) is 24.3 Å². The molecule has 1 heterocycles. The Kier molecular flexibility index (Phi) is 5.64. The second-order valence-electron chi connectivity index (χ2n) is 6.38. The van der Waals surface area contributed by atoms with Gasteiger partial charge >= 0.3 is 0 Å². The van der Waals surface area contributed by atoms with E-state index in [1.165, 1.54) is 0 Å². The lowest BCUT2D eigenvalue weighted by molar-refractivity contribution is -0.116. The van der Waals surface area contributed by atoms with Crippen LogP contribution in [-0.4, -0.2) is 20.1 Å². The van der Waals surface area contributed by atoms with Crippen molar-refractivity contribution in [2.75, 3.05) is 11.1 Å². The first-order valence-electron chi connectivity index (χ1n) is 8.33. The number of benzene rings is 2. The largest absolute Gasteiger partial charge is 0.326 e. The molecule has 27 heavy (non-hydrogen) atoms. The molecule has 0 fully saturated rings. The van der Waals surface area contributed by atoms with Gasteiger partial charge in [0, 0.05) is 28.5 Å². The van der Waals surface area contributed by atoms with Gasteiger partial charge in [0.05, 0.1) is 17.7 Å². The van der Waals surface area contributed by atoms with Crippen LogP contribution in [-0.2, 0) is 14.6 Å². The fourth-order valence-corrected chi connectivity index (χ4v) is 4.71. The number of carbonyl (C=O) groups excluding carboxylic acids is 1. The highest BCUT2D eigenvalue weighted by Gasteiger charge is 2.24. The molecule has 1 aliphatic heterocycles. The van der Waals surface area contributed by atoms with Crippen molar-refractivity contribution in [2.45, 2.75) is 12.3 Å². The lowest BCUT2D eigenvalue weighted by Gasteiger charge is -2.14. The van der Waals surface area contributed by atoms with E-state index in [4.69, 9.17) is 11.6 Å². The number of hydrogen-bond acceptors (Lipinski definition) is 4. The Morgan fingerprint density at radius 2 is 2.00 bits per heavy atom. The fraction of sp³-hybridized carbons (Fsp3) is 0.200. The van der Waals surface area contributed by atoms with E-state index < -0.39 is 15.8 Å². The molecular formula is C20H17ClN2O3S. The zero-order chi connectivity index (χ0) is 19.4. The molecule has 1 amide bonds. The predicted octanol–water partition coefficient (Wildman–Crippen LogP) is 3.88. The molecule has 1 aliphatic rings. The van der Waals surface area contributed by atoms with Gasteiger partial charge < -0.3 is 5.32 Å². The molecule has 2 atom stereocenters. The molecule has 0 spiro atoms. The molecule has 7 heteroatoms. The highest BCUT2D eigenvalue weighted by Crippen LogP contribution is 2.32. The Morgan fingerprint density at radius 3 is 2.59 bits per heavy atom. The van der Waals surface area contributed by atoms with Crippen LogP contribution < -0.4 is 5.32 Å². The van der Waals surface area contributed by atoms with Crippen LogP contribution in [0.2, 0.25) is 5.02 Å². The normalized spacial score (nSPS) is 18.6. The van der Waals surface area contributed by atoms with Crippen LogP contribution in [0.3, 0.4) is 0 Å². The van der Waals surface area contributed by atoms with Gasteiger partial charge in [0.2, 0.25) is 5.91 Å². The molecule has 2 aromatic carbocycles. The molecule has 3 rings (SSSR count). The number of nitrogens with zero attached hydrogens (tertiary/aromatic N) is 1. The Hall–Kier alpha value is -2.62. The average Bonchev–Trinajstić information content (AvgIpc) is 2.96. The van der Waals surface area contributed by atoms with Crippen molar-refractivity contribution < 1.29 is 13.2 Å². The van der Waals surface area contributed by atoms with E-state index >= 15 is 0 Å². The Morgan fingerprint density at radius 1 is 1.26 bits per heavy atom. The van der Waals surface area contributed by atoms with Gasteiger partial charge in [-0.1, -0.05) is 54.1 Å². The number of hydrogen-bond donors (Lipinski definition) is 1. The highest BCUT2D eigenvalue weighted by atomic mass is 35.5. The molecular weight excluding hydrogens is 384 g/mol. The highest BCUT2D eigenvalue weighted by molar-refractivity contribution is 7.94. The van der Waals surface area contributed by atoms with Crippen LogP contribution in [0.1, 0.15) is 23.5 Å². The standard InChI is InChI=1S/C20H17ClN2O3S/c21-19-11-16(23-20(24)10-14-8-9-27(25,26)13-14)6-7-17(19)18(12-22)15-4-2-1-3-5-15/h1-9,11,14,18H,10,13H2,(H,23,24). The molecule has 1 N–H and O–H groups in total. The summed E-state index contributed by atoms with van der Waals surface area (Å²) in [5, 5.41) is 13.8. The number of halogens is 1. The molecule has 0 saturated heterocycles. The Balaban J connectivity index is 1.70. The summed E-state index contributed by atoms with van der Waals surface area (Å²) in [5.74, 6) is -1.14. The van der Waals surface area contributed by atoms with Gasteiger partial charge in [0.15, 0.2) is 9.84 Å². The molecule has 2 aromatic rings. The number of carbonyl (C=O) groups is 1. The first-order valence-corrected chi connectivity index (χ1v) is 10.4. The zero-order valence-corrected chi connectivity index (χ0v) is 15.9. The molecule has 138 valence electrons. The van der Waals surface area contributed by atoms with Gasteiger partial charge in [0.1, 0.15) is 0 Å². The number of sulfone groups is 1. The summed E-state index contributed by atoms with van der Waals surface area (Å²) >= 11 is 6.35. The number of anilines is 1. The van der Waals surface area contributed by atoms with Crippen LogP contribution in [0.4, 0.5) is 5.69 Å². The van der Waals surface area contributed by atoms with Crippen LogP contribution in [0.15, 0.2) is 60.0 Å². The summed E-state index contributed by atoms with van der Waals surface area (Å²) in [7, 11) is -3.18. The summed E-state index contributed by atoms with van der Waals surface area (Å²) in [5.41, 5.74) is 2.00. The first-order chi connectivity index (χ1) is 12.9. The molecule has 5 nitrogen and oxygen atoms in total. The van der Waals surface area contributed by atoms with Gasteiger partial charge in [-0.3, -0.25) is 4.79 Å². The second kappa shape index (κ2) is 7.95. The predicted molar refractivity (Wildman–Crippen MR) is 105 cm³/mol. The number of allylic oxidation sites excluding steroid dienone is 1. The second-order valence-corrected chi connectivity index (χ2v) is 8.72. The molecule has 0 saturated carbocycles. The van der Waals surface area contributed by atoms with E-state index in [-0.39, 0.29) is 24.0 Å². The fourth-order valence-electron chi connectivity index (χ4n) is 3.03. The summed E-state index contributed by atoms with van der Waals surface area (Å²) in [4.78, 5) is 12.2. The Bertz CT molecular complexity index is 1030. The van der Waals surface area contributed by atoms with E-state index in [1.807, 2.05) is 30.3 Å². The summed E-state index contributed by atoms with van der Waals surface area (Å²) < 4.78 is 22.8. The molecule has 0 aromatic heterocycles. The summed E-state index contributed by atoms with van der Waals surface area (Å²) in [6, 6.07) is 16.6. The number of rotatable bonds is 5. The van der Waals surface area contributed by atoms with Crippen molar-refractivity contribution in [3.8, 4) is 6.07 Å². The Labute approximate surface area is 163 Å². The third-order valence-electron chi connectivity index (χ3n) is 4.31. The number of nitrogens with one attached hydrogen (secondary N) is 1. The average molecular weight is 401 g/mol. The molecule has 0 aliphatic carbocycles.